The van der Waals surface area contributed by atoms with E-state index in [0.717, 1.165) is 12.2 Å². The maximum atomic E-state index is 16.8. The fourth-order valence-electron chi connectivity index (χ4n) is 6.83. The third-order valence-electron chi connectivity index (χ3n) is 8.37. The van der Waals surface area contributed by atoms with Crippen LogP contribution in [0.15, 0.2) is 35.7 Å². The summed E-state index contributed by atoms with van der Waals surface area (Å²) in [5.41, 5.74) is -6.61. The van der Waals surface area contributed by atoms with Gasteiger partial charge >= 0.3 is 0 Å². The van der Waals surface area contributed by atoms with E-state index >= 15 is 8.78 Å². The zero-order valence-electron chi connectivity index (χ0n) is 16.5. The number of hydrogen-bond donors (Lipinski definition) is 2. The summed E-state index contributed by atoms with van der Waals surface area (Å²) in [6.07, 6.45) is 3.50. The lowest BCUT2D eigenvalue weighted by Gasteiger charge is -2.61. The number of rotatable bonds is 1. The number of carbonyl (C=O) groups is 2. The third-order valence-corrected chi connectivity index (χ3v) is 8.37. The Balaban J connectivity index is 1.94. The van der Waals surface area contributed by atoms with E-state index in [1.165, 1.54) is 26.0 Å². The third kappa shape index (κ3) is 1.91. The van der Waals surface area contributed by atoms with Crippen LogP contribution in [0, 0.1) is 28.6 Å². The molecule has 4 rings (SSSR count). The van der Waals surface area contributed by atoms with Gasteiger partial charge in [0.15, 0.2) is 17.2 Å². The van der Waals surface area contributed by atoms with Crippen molar-refractivity contribution in [2.75, 3.05) is 0 Å². The number of Topliss-reactive ketones (excluding diaryl/α,β-unsaturated/α-hetero) is 1. The molecule has 0 radical (unpaired) electrons. The molecular formula is C22H26F2O4. The van der Waals surface area contributed by atoms with E-state index in [9.17, 15) is 19.8 Å². The molecule has 2 fully saturated rings. The minimum atomic E-state index is -2.25. The molecule has 4 aliphatic carbocycles. The minimum absolute atomic E-state index is 0.0609. The zero-order chi connectivity index (χ0) is 20.9. The largest absolute Gasteiger partial charge is 0.390 e. The van der Waals surface area contributed by atoms with Gasteiger partial charge in [0.25, 0.3) is 0 Å². The van der Waals surface area contributed by atoms with E-state index in [1.54, 1.807) is 13.8 Å². The molecule has 28 heavy (non-hydrogen) atoms. The van der Waals surface area contributed by atoms with Crippen molar-refractivity contribution in [3.05, 3.63) is 35.7 Å². The van der Waals surface area contributed by atoms with Gasteiger partial charge in [0.2, 0.25) is 0 Å². The first-order valence-corrected chi connectivity index (χ1v) is 9.77. The van der Waals surface area contributed by atoms with Crippen molar-refractivity contribution in [1.82, 2.24) is 0 Å². The normalized spacial score (nSPS) is 52.4. The quantitative estimate of drug-likeness (QED) is 0.719. The van der Waals surface area contributed by atoms with Gasteiger partial charge < -0.3 is 10.2 Å². The fourth-order valence-corrected chi connectivity index (χ4v) is 6.83. The Hall–Kier alpha value is -1.66. The fraction of sp³-hybridized carbons (Fsp3) is 0.636. The number of carbonyl (C=O) groups excluding carboxylic acids is 2. The summed E-state index contributed by atoms with van der Waals surface area (Å²) >= 11 is 0. The lowest BCUT2D eigenvalue weighted by Crippen LogP contribution is -2.68. The molecule has 2 N–H and O–H groups in total. The van der Waals surface area contributed by atoms with Crippen LogP contribution in [0.1, 0.15) is 40.5 Å². The average molecular weight is 392 g/mol. The van der Waals surface area contributed by atoms with E-state index < -0.39 is 63.4 Å². The smallest absolute Gasteiger partial charge is 0.178 e. The van der Waals surface area contributed by atoms with Crippen molar-refractivity contribution in [3.63, 3.8) is 0 Å². The monoisotopic (exact) mass is 392 g/mol. The maximum absolute atomic E-state index is 16.8. The standard InChI is InChI=1S/C22H26F2O4/c1-11-7-14-15-9-17(23)16-8-13(26)5-6-19(16,3)21(15,24)18(27)10-20(14,4)22(11,28)12(2)25/h5-6,8-9,11,14-15,18,27-28H,7,10H2,1-4H3/t11?,14-,15-,18?,19-,20-,21-,22-/m0/s1. The number of fused-ring (bicyclic) bond motifs is 5. The van der Waals surface area contributed by atoms with E-state index in [-0.39, 0.29) is 12.0 Å². The summed E-state index contributed by atoms with van der Waals surface area (Å²) in [5.74, 6) is -3.52. The number of halogens is 2. The van der Waals surface area contributed by atoms with Crippen LogP contribution in [0.25, 0.3) is 0 Å². The van der Waals surface area contributed by atoms with Crippen LogP contribution in [0.2, 0.25) is 0 Å². The van der Waals surface area contributed by atoms with Gasteiger partial charge in [0.05, 0.1) is 11.5 Å². The number of hydrogen-bond acceptors (Lipinski definition) is 4. The number of aliphatic hydroxyl groups is 2. The van der Waals surface area contributed by atoms with Gasteiger partial charge in [-0.1, -0.05) is 19.9 Å². The van der Waals surface area contributed by atoms with Crippen molar-refractivity contribution in [2.45, 2.75) is 57.9 Å². The summed E-state index contributed by atoms with van der Waals surface area (Å²) in [7, 11) is 0. The molecule has 4 aliphatic rings. The van der Waals surface area contributed by atoms with Crippen molar-refractivity contribution >= 4 is 11.6 Å². The second-order valence-corrected chi connectivity index (χ2v) is 9.51. The van der Waals surface area contributed by atoms with Gasteiger partial charge in [-0.25, -0.2) is 8.78 Å². The van der Waals surface area contributed by atoms with E-state index in [2.05, 4.69) is 0 Å². The molecule has 0 amide bonds. The highest BCUT2D eigenvalue weighted by molar-refractivity contribution is 6.02. The van der Waals surface area contributed by atoms with Gasteiger partial charge in [-0.2, -0.15) is 0 Å². The maximum Gasteiger partial charge on any atom is 0.178 e. The summed E-state index contributed by atoms with van der Waals surface area (Å²) in [4.78, 5) is 24.2. The Kier molecular flexibility index (Phi) is 3.85. The molecular weight excluding hydrogens is 366 g/mol. The number of allylic oxidation sites excluding steroid dienone is 6. The Bertz CT molecular complexity index is 876. The lowest BCUT2D eigenvalue weighted by molar-refractivity contribution is -0.204. The Morgan fingerprint density at radius 2 is 1.96 bits per heavy atom. The SMILES string of the molecule is CC(=O)[C@@]1(O)C(C)C[C@H]2[C@@H]3C=C(F)C4=CC(=O)C=C[C@]4(C)[C@@]3(F)C(O)C[C@@]21C. The van der Waals surface area contributed by atoms with Crippen LogP contribution in [0.5, 0.6) is 0 Å². The van der Waals surface area contributed by atoms with Gasteiger partial charge in [-0.15, -0.1) is 0 Å². The number of aliphatic hydroxyl groups excluding tert-OH is 1. The predicted molar refractivity (Wildman–Crippen MR) is 98.5 cm³/mol. The molecule has 8 atom stereocenters. The summed E-state index contributed by atoms with van der Waals surface area (Å²) in [6.45, 7) is 6.25. The summed E-state index contributed by atoms with van der Waals surface area (Å²) < 4.78 is 31.9. The van der Waals surface area contributed by atoms with Crippen LogP contribution >= 0.6 is 0 Å². The lowest BCUT2D eigenvalue weighted by atomic mass is 9.46. The Morgan fingerprint density at radius 1 is 1.32 bits per heavy atom. The second-order valence-electron chi connectivity index (χ2n) is 9.51. The molecule has 0 aliphatic heterocycles. The predicted octanol–water partition coefficient (Wildman–Crippen LogP) is 3.00. The molecule has 0 aromatic heterocycles. The highest BCUT2D eigenvalue weighted by Crippen LogP contribution is 2.70. The average Bonchev–Trinajstić information content (AvgIpc) is 2.81. The Morgan fingerprint density at radius 3 is 2.57 bits per heavy atom. The van der Waals surface area contributed by atoms with Crippen molar-refractivity contribution < 1.29 is 28.6 Å². The van der Waals surface area contributed by atoms with Crippen LogP contribution in [0.4, 0.5) is 8.78 Å². The van der Waals surface area contributed by atoms with Crippen molar-refractivity contribution in [1.29, 1.82) is 0 Å². The minimum Gasteiger partial charge on any atom is -0.390 e. The van der Waals surface area contributed by atoms with Crippen LogP contribution < -0.4 is 0 Å². The van der Waals surface area contributed by atoms with Crippen LogP contribution in [0.3, 0.4) is 0 Å². The molecule has 2 saturated carbocycles. The molecule has 152 valence electrons. The van der Waals surface area contributed by atoms with E-state index in [4.69, 9.17) is 0 Å². The van der Waals surface area contributed by atoms with Crippen molar-refractivity contribution in [3.8, 4) is 0 Å². The van der Waals surface area contributed by atoms with Gasteiger partial charge in [-0.3, -0.25) is 9.59 Å². The number of ketones is 2. The van der Waals surface area contributed by atoms with Gasteiger partial charge in [-0.05, 0) is 56.8 Å². The van der Waals surface area contributed by atoms with E-state index in [1.807, 2.05) is 0 Å². The second kappa shape index (κ2) is 5.48. The summed E-state index contributed by atoms with van der Waals surface area (Å²) in [6, 6.07) is 0. The highest BCUT2D eigenvalue weighted by Gasteiger charge is 2.75. The van der Waals surface area contributed by atoms with Crippen molar-refractivity contribution in [2.24, 2.45) is 28.6 Å². The highest BCUT2D eigenvalue weighted by atomic mass is 19.1. The molecule has 6 heteroatoms. The molecule has 0 aromatic carbocycles. The first-order chi connectivity index (χ1) is 12.8. The summed E-state index contributed by atoms with van der Waals surface area (Å²) in [5, 5.41) is 22.4. The zero-order valence-corrected chi connectivity index (χ0v) is 16.5. The Labute approximate surface area is 163 Å². The van der Waals surface area contributed by atoms with Gasteiger partial charge in [0, 0.05) is 16.9 Å². The molecule has 0 aromatic rings. The first kappa shape index (κ1) is 19.6. The molecule has 4 nitrogen and oxygen atoms in total. The topological polar surface area (TPSA) is 74.6 Å². The number of alkyl halides is 1. The first-order valence-electron chi connectivity index (χ1n) is 9.77. The molecule has 0 spiro atoms. The van der Waals surface area contributed by atoms with E-state index in [0.29, 0.717) is 6.42 Å². The molecule has 0 saturated heterocycles. The molecule has 2 unspecified atom stereocenters. The molecule has 0 heterocycles. The molecule has 0 bridgehead atoms. The van der Waals surface area contributed by atoms with Crippen LogP contribution in [-0.2, 0) is 9.59 Å². The van der Waals surface area contributed by atoms with Crippen LogP contribution in [-0.4, -0.2) is 39.2 Å². The van der Waals surface area contributed by atoms with Gasteiger partial charge in [0.1, 0.15) is 11.4 Å².